The van der Waals surface area contributed by atoms with Gasteiger partial charge in [-0.2, -0.15) is 0 Å². The first kappa shape index (κ1) is 11.9. The predicted octanol–water partition coefficient (Wildman–Crippen LogP) is 1.63. The van der Waals surface area contributed by atoms with Crippen LogP contribution in [0.3, 0.4) is 0 Å². The minimum atomic E-state index is 0.517. The van der Waals surface area contributed by atoms with Gasteiger partial charge in [-0.05, 0) is 44.6 Å². The van der Waals surface area contributed by atoms with E-state index < -0.39 is 0 Å². The van der Waals surface area contributed by atoms with Crippen LogP contribution in [0, 0.1) is 5.92 Å². The predicted molar refractivity (Wildman–Crippen MR) is 69.1 cm³/mol. The van der Waals surface area contributed by atoms with Gasteiger partial charge in [0.2, 0.25) is 0 Å². The zero-order valence-corrected chi connectivity index (χ0v) is 11.0. The Balaban J connectivity index is 1.48. The van der Waals surface area contributed by atoms with E-state index in [0.717, 1.165) is 24.6 Å². The van der Waals surface area contributed by atoms with Crippen LogP contribution in [-0.2, 0) is 4.74 Å². The van der Waals surface area contributed by atoms with Crippen molar-refractivity contribution in [3.63, 3.8) is 0 Å². The Kier molecular flexibility index (Phi) is 3.69. The second-order valence-electron chi connectivity index (χ2n) is 5.92. The summed E-state index contributed by atoms with van der Waals surface area (Å²) < 4.78 is 5.77. The highest BCUT2D eigenvalue weighted by Crippen LogP contribution is 2.29. The SMILES string of the molecule is CCC1OCCC1CNC1CCN2CCCC12. The van der Waals surface area contributed by atoms with E-state index in [9.17, 15) is 0 Å². The molecule has 3 heteroatoms. The molecule has 0 spiro atoms. The van der Waals surface area contributed by atoms with Crippen molar-refractivity contribution in [1.82, 2.24) is 10.2 Å². The molecule has 0 aliphatic carbocycles. The average Bonchev–Trinajstić information content (AvgIpc) is 3.03. The van der Waals surface area contributed by atoms with Gasteiger partial charge in [0.05, 0.1) is 6.10 Å². The average molecular weight is 238 g/mol. The number of hydrogen-bond acceptors (Lipinski definition) is 3. The second kappa shape index (κ2) is 5.25. The summed E-state index contributed by atoms with van der Waals surface area (Å²) in [6.45, 7) is 7.06. The summed E-state index contributed by atoms with van der Waals surface area (Å²) >= 11 is 0. The topological polar surface area (TPSA) is 24.5 Å². The molecule has 3 nitrogen and oxygen atoms in total. The Morgan fingerprint density at radius 1 is 1.24 bits per heavy atom. The molecule has 3 aliphatic rings. The van der Waals surface area contributed by atoms with E-state index in [1.807, 2.05) is 0 Å². The number of hydrogen-bond donors (Lipinski definition) is 1. The summed E-state index contributed by atoms with van der Waals surface area (Å²) in [5, 5.41) is 3.84. The lowest BCUT2D eigenvalue weighted by atomic mass is 9.98. The van der Waals surface area contributed by atoms with Gasteiger partial charge in [0.25, 0.3) is 0 Å². The van der Waals surface area contributed by atoms with Crippen molar-refractivity contribution in [2.75, 3.05) is 26.2 Å². The lowest BCUT2D eigenvalue weighted by molar-refractivity contribution is 0.0863. The molecular weight excluding hydrogens is 212 g/mol. The van der Waals surface area contributed by atoms with Gasteiger partial charge >= 0.3 is 0 Å². The fourth-order valence-electron chi connectivity index (χ4n) is 4.00. The third-order valence-corrected chi connectivity index (χ3v) is 5.00. The molecule has 0 aromatic carbocycles. The van der Waals surface area contributed by atoms with E-state index in [2.05, 4.69) is 17.1 Å². The second-order valence-corrected chi connectivity index (χ2v) is 5.92. The zero-order chi connectivity index (χ0) is 11.7. The van der Waals surface area contributed by atoms with Crippen molar-refractivity contribution in [1.29, 1.82) is 0 Å². The number of nitrogens with zero attached hydrogens (tertiary/aromatic N) is 1. The molecule has 3 aliphatic heterocycles. The number of rotatable bonds is 4. The summed E-state index contributed by atoms with van der Waals surface area (Å²) in [4.78, 5) is 2.68. The fourth-order valence-corrected chi connectivity index (χ4v) is 4.00. The molecule has 3 fully saturated rings. The number of fused-ring (bicyclic) bond motifs is 1. The monoisotopic (exact) mass is 238 g/mol. The molecule has 17 heavy (non-hydrogen) atoms. The third kappa shape index (κ3) is 2.38. The van der Waals surface area contributed by atoms with Crippen LogP contribution in [0.1, 0.15) is 39.0 Å². The first-order valence-corrected chi connectivity index (χ1v) is 7.47. The van der Waals surface area contributed by atoms with Crippen LogP contribution in [0.5, 0.6) is 0 Å². The Hall–Kier alpha value is -0.120. The minimum Gasteiger partial charge on any atom is -0.378 e. The van der Waals surface area contributed by atoms with Crippen molar-refractivity contribution in [2.24, 2.45) is 5.92 Å². The molecule has 0 aromatic rings. The van der Waals surface area contributed by atoms with E-state index in [-0.39, 0.29) is 0 Å². The first-order valence-electron chi connectivity index (χ1n) is 7.47. The summed E-state index contributed by atoms with van der Waals surface area (Å²) in [6.07, 6.45) is 7.13. The number of ether oxygens (including phenoxy) is 1. The van der Waals surface area contributed by atoms with Gasteiger partial charge in [0, 0.05) is 31.8 Å². The van der Waals surface area contributed by atoms with Crippen molar-refractivity contribution < 1.29 is 4.74 Å². The highest BCUT2D eigenvalue weighted by Gasteiger charge is 2.37. The molecule has 1 N–H and O–H groups in total. The van der Waals surface area contributed by atoms with E-state index in [1.165, 1.54) is 51.7 Å². The molecule has 4 atom stereocenters. The molecular formula is C14H26N2O. The van der Waals surface area contributed by atoms with E-state index in [0.29, 0.717) is 6.10 Å². The van der Waals surface area contributed by atoms with Gasteiger partial charge < -0.3 is 10.1 Å². The van der Waals surface area contributed by atoms with Gasteiger partial charge in [-0.15, -0.1) is 0 Å². The molecule has 0 bridgehead atoms. The zero-order valence-electron chi connectivity index (χ0n) is 11.0. The molecule has 0 aromatic heterocycles. The minimum absolute atomic E-state index is 0.517. The van der Waals surface area contributed by atoms with Crippen LogP contribution in [0.15, 0.2) is 0 Å². The van der Waals surface area contributed by atoms with Gasteiger partial charge in [-0.1, -0.05) is 6.92 Å². The van der Waals surface area contributed by atoms with E-state index >= 15 is 0 Å². The van der Waals surface area contributed by atoms with Crippen LogP contribution < -0.4 is 5.32 Å². The lowest BCUT2D eigenvalue weighted by Crippen LogP contribution is -2.42. The highest BCUT2D eigenvalue weighted by atomic mass is 16.5. The first-order chi connectivity index (χ1) is 8.38. The highest BCUT2D eigenvalue weighted by molar-refractivity contribution is 4.96. The molecule has 3 heterocycles. The van der Waals surface area contributed by atoms with E-state index in [1.54, 1.807) is 0 Å². The van der Waals surface area contributed by atoms with Gasteiger partial charge in [-0.25, -0.2) is 0 Å². The Morgan fingerprint density at radius 3 is 3.06 bits per heavy atom. The summed E-state index contributed by atoms with van der Waals surface area (Å²) in [5.41, 5.74) is 0. The van der Waals surface area contributed by atoms with Crippen molar-refractivity contribution in [3.8, 4) is 0 Å². The summed E-state index contributed by atoms with van der Waals surface area (Å²) in [7, 11) is 0. The van der Waals surface area contributed by atoms with Crippen LogP contribution in [0.2, 0.25) is 0 Å². The van der Waals surface area contributed by atoms with Crippen LogP contribution in [-0.4, -0.2) is 49.3 Å². The van der Waals surface area contributed by atoms with Crippen LogP contribution >= 0.6 is 0 Å². The molecule has 0 radical (unpaired) electrons. The van der Waals surface area contributed by atoms with E-state index in [4.69, 9.17) is 4.74 Å². The van der Waals surface area contributed by atoms with Crippen molar-refractivity contribution >= 4 is 0 Å². The Labute approximate surface area is 105 Å². The van der Waals surface area contributed by atoms with Crippen molar-refractivity contribution in [3.05, 3.63) is 0 Å². The fraction of sp³-hybridized carbons (Fsp3) is 1.00. The molecule has 0 amide bonds. The maximum atomic E-state index is 5.77. The molecule has 3 rings (SSSR count). The maximum Gasteiger partial charge on any atom is 0.0613 e. The Morgan fingerprint density at radius 2 is 2.18 bits per heavy atom. The van der Waals surface area contributed by atoms with Gasteiger partial charge in [0.15, 0.2) is 0 Å². The molecule has 4 unspecified atom stereocenters. The van der Waals surface area contributed by atoms with Crippen LogP contribution in [0.4, 0.5) is 0 Å². The summed E-state index contributed by atoms with van der Waals surface area (Å²) in [5.74, 6) is 0.760. The van der Waals surface area contributed by atoms with Gasteiger partial charge in [0.1, 0.15) is 0 Å². The van der Waals surface area contributed by atoms with Crippen molar-refractivity contribution in [2.45, 2.75) is 57.2 Å². The standard InChI is InChI=1S/C14H26N2O/c1-2-14-11(6-9-17-14)10-15-12-5-8-16-7-3-4-13(12)16/h11-15H,2-10H2,1H3. The summed E-state index contributed by atoms with van der Waals surface area (Å²) in [6, 6.07) is 1.60. The normalized spacial score (nSPS) is 42.2. The largest absolute Gasteiger partial charge is 0.378 e. The van der Waals surface area contributed by atoms with Crippen LogP contribution in [0.25, 0.3) is 0 Å². The molecule has 0 saturated carbocycles. The third-order valence-electron chi connectivity index (χ3n) is 5.00. The maximum absolute atomic E-state index is 5.77. The quantitative estimate of drug-likeness (QED) is 0.805. The molecule has 3 saturated heterocycles. The smallest absolute Gasteiger partial charge is 0.0613 e. The Bertz CT molecular complexity index is 259. The van der Waals surface area contributed by atoms with Gasteiger partial charge in [-0.3, -0.25) is 4.90 Å². The lowest BCUT2D eigenvalue weighted by Gasteiger charge is -2.24. The number of nitrogens with one attached hydrogen (secondary N) is 1. The molecule has 98 valence electrons.